The summed E-state index contributed by atoms with van der Waals surface area (Å²) in [4.78, 5) is 10.6. The summed E-state index contributed by atoms with van der Waals surface area (Å²) in [5, 5.41) is 0. The average molecular weight is 170 g/mol. The summed E-state index contributed by atoms with van der Waals surface area (Å²) in [5.74, 6) is 0.364. The summed E-state index contributed by atoms with van der Waals surface area (Å²) in [7, 11) is 0. The highest BCUT2D eigenvalue weighted by Gasteiger charge is 2.03. The summed E-state index contributed by atoms with van der Waals surface area (Å²) in [6.45, 7) is 8.16. The second kappa shape index (κ2) is 6.89. The predicted octanol–water partition coefficient (Wildman–Crippen LogP) is 2.54. The first kappa shape index (κ1) is 11.2. The van der Waals surface area contributed by atoms with Crippen molar-refractivity contribution >= 4 is 5.97 Å². The maximum atomic E-state index is 10.6. The van der Waals surface area contributed by atoms with Crippen LogP contribution in [0.5, 0.6) is 0 Å². The van der Waals surface area contributed by atoms with Crippen LogP contribution >= 0.6 is 0 Å². The van der Waals surface area contributed by atoms with Crippen LogP contribution in [0.1, 0.15) is 33.1 Å². The molecule has 0 heterocycles. The van der Waals surface area contributed by atoms with E-state index in [1.54, 1.807) is 0 Å². The third kappa shape index (κ3) is 4.94. The molecule has 0 N–H and O–H groups in total. The van der Waals surface area contributed by atoms with Crippen molar-refractivity contribution in [3.05, 3.63) is 12.7 Å². The molecule has 0 radical (unpaired) electrons. The molecule has 0 aromatic rings. The minimum absolute atomic E-state index is 0.319. The van der Waals surface area contributed by atoms with E-state index in [1.807, 2.05) is 0 Å². The fourth-order valence-corrected chi connectivity index (χ4v) is 1.08. The molecule has 0 fully saturated rings. The molecule has 0 saturated heterocycles. The van der Waals surface area contributed by atoms with Crippen molar-refractivity contribution in [2.24, 2.45) is 5.92 Å². The zero-order chi connectivity index (χ0) is 9.40. The zero-order valence-electron chi connectivity index (χ0n) is 8.01. The maximum absolute atomic E-state index is 10.6. The zero-order valence-corrected chi connectivity index (χ0v) is 8.01. The Bertz CT molecular complexity index is 137. The van der Waals surface area contributed by atoms with Gasteiger partial charge in [-0.1, -0.05) is 33.3 Å². The quantitative estimate of drug-likeness (QED) is 0.452. The van der Waals surface area contributed by atoms with E-state index < -0.39 is 0 Å². The minimum atomic E-state index is -0.319. The number of rotatable bonds is 6. The number of hydrogen-bond acceptors (Lipinski definition) is 2. The average Bonchev–Trinajstić information content (AvgIpc) is 2.12. The Hall–Kier alpha value is -0.790. The van der Waals surface area contributed by atoms with Crippen molar-refractivity contribution in [2.75, 3.05) is 6.61 Å². The van der Waals surface area contributed by atoms with Crippen molar-refractivity contribution < 1.29 is 9.53 Å². The van der Waals surface area contributed by atoms with Crippen molar-refractivity contribution in [1.82, 2.24) is 0 Å². The molecule has 0 saturated carbocycles. The number of ether oxygens (including phenoxy) is 1. The van der Waals surface area contributed by atoms with Crippen LogP contribution in [0.15, 0.2) is 12.7 Å². The molecule has 0 bridgehead atoms. The van der Waals surface area contributed by atoms with Crippen LogP contribution < -0.4 is 0 Å². The molecular weight excluding hydrogens is 152 g/mol. The Morgan fingerprint density at radius 1 is 1.50 bits per heavy atom. The number of carbonyl (C=O) groups is 1. The Kier molecular flexibility index (Phi) is 6.44. The van der Waals surface area contributed by atoms with Crippen molar-refractivity contribution in [3.8, 4) is 0 Å². The number of hydrogen-bond donors (Lipinski definition) is 0. The van der Waals surface area contributed by atoms with Gasteiger partial charge >= 0.3 is 5.97 Å². The fraction of sp³-hybridized carbons (Fsp3) is 0.700. The molecular formula is C10H18O2. The lowest BCUT2D eigenvalue weighted by Gasteiger charge is -2.10. The van der Waals surface area contributed by atoms with Gasteiger partial charge in [-0.15, -0.1) is 0 Å². The summed E-state index contributed by atoms with van der Waals surface area (Å²) in [6, 6.07) is 0. The molecule has 0 aromatic carbocycles. The van der Waals surface area contributed by atoms with Crippen LogP contribution in [0, 0.1) is 5.92 Å². The van der Waals surface area contributed by atoms with Crippen LogP contribution in [0.2, 0.25) is 0 Å². The molecule has 70 valence electrons. The Labute approximate surface area is 74.6 Å². The van der Waals surface area contributed by atoms with Crippen LogP contribution in [0.4, 0.5) is 0 Å². The smallest absolute Gasteiger partial charge is 0.330 e. The van der Waals surface area contributed by atoms with Gasteiger partial charge in [-0.2, -0.15) is 0 Å². The van der Waals surface area contributed by atoms with Gasteiger partial charge in [-0.3, -0.25) is 0 Å². The van der Waals surface area contributed by atoms with E-state index in [2.05, 4.69) is 20.4 Å². The molecule has 0 rings (SSSR count). The molecule has 0 amide bonds. The van der Waals surface area contributed by atoms with E-state index in [4.69, 9.17) is 4.74 Å². The molecule has 0 aliphatic heterocycles. The molecule has 2 nitrogen and oxygen atoms in total. The molecule has 0 atom stereocenters. The maximum Gasteiger partial charge on any atom is 0.330 e. The van der Waals surface area contributed by atoms with Gasteiger partial charge in [0.15, 0.2) is 0 Å². The van der Waals surface area contributed by atoms with Crippen LogP contribution in [-0.4, -0.2) is 12.6 Å². The summed E-state index contributed by atoms with van der Waals surface area (Å²) >= 11 is 0. The van der Waals surface area contributed by atoms with Crippen molar-refractivity contribution in [3.63, 3.8) is 0 Å². The summed E-state index contributed by atoms with van der Waals surface area (Å²) < 4.78 is 4.87. The molecule has 0 spiro atoms. The minimum Gasteiger partial charge on any atom is -0.463 e. The normalized spacial score (nSPS) is 9.92. The number of esters is 1. The third-order valence-electron chi connectivity index (χ3n) is 2.09. The van der Waals surface area contributed by atoms with Gasteiger partial charge < -0.3 is 4.74 Å². The Balaban J connectivity index is 3.40. The Morgan fingerprint density at radius 2 is 2.08 bits per heavy atom. The lowest BCUT2D eigenvalue weighted by atomic mass is 10.0. The first-order chi connectivity index (χ1) is 5.74. The van der Waals surface area contributed by atoms with E-state index in [-0.39, 0.29) is 5.97 Å². The highest BCUT2D eigenvalue weighted by Crippen LogP contribution is 2.11. The molecule has 0 unspecified atom stereocenters. The van der Waals surface area contributed by atoms with Gasteiger partial charge in [0.05, 0.1) is 6.61 Å². The topological polar surface area (TPSA) is 26.3 Å². The van der Waals surface area contributed by atoms with Gasteiger partial charge in [0.1, 0.15) is 0 Å². The second-order valence-electron chi connectivity index (χ2n) is 2.84. The van der Waals surface area contributed by atoms with E-state index >= 15 is 0 Å². The summed E-state index contributed by atoms with van der Waals surface area (Å²) in [6.07, 6.45) is 4.48. The molecule has 0 aromatic heterocycles. The van der Waals surface area contributed by atoms with Gasteiger partial charge in [-0.25, -0.2) is 4.79 Å². The van der Waals surface area contributed by atoms with E-state index in [0.29, 0.717) is 12.5 Å². The van der Waals surface area contributed by atoms with E-state index in [1.165, 1.54) is 6.08 Å². The van der Waals surface area contributed by atoms with Gasteiger partial charge in [0, 0.05) is 6.08 Å². The monoisotopic (exact) mass is 170 g/mol. The lowest BCUT2D eigenvalue weighted by Crippen LogP contribution is -2.06. The molecule has 0 aliphatic carbocycles. The van der Waals surface area contributed by atoms with E-state index in [9.17, 15) is 4.79 Å². The van der Waals surface area contributed by atoms with Gasteiger partial charge in [-0.05, 0) is 12.3 Å². The number of carbonyl (C=O) groups excluding carboxylic acids is 1. The molecule has 0 aliphatic rings. The van der Waals surface area contributed by atoms with E-state index in [0.717, 1.165) is 19.3 Å². The van der Waals surface area contributed by atoms with Crippen molar-refractivity contribution in [1.29, 1.82) is 0 Å². The SMILES string of the molecule is C=CC(=O)OCCC(CC)CC. The van der Waals surface area contributed by atoms with Gasteiger partial charge in [0.2, 0.25) is 0 Å². The Morgan fingerprint density at radius 3 is 2.50 bits per heavy atom. The highest BCUT2D eigenvalue weighted by molar-refractivity contribution is 5.81. The molecule has 12 heavy (non-hydrogen) atoms. The highest BCUT2D eigenvalue weighted by atomic mass is 16.5. The molecule has 2 heteroatoms. The van der Waals surface area contributed by atoms with Crippen LogP contribution in [0.3, 0.4) is 0 Å². The van der Waals surface area contributed by atoms with Gasteiger partial charge in [0.25, 0.3) is 0 Å². The van der Waals surface area contributed by atoms with Crippen LogP contribution in [-0.2, 0) is 9.53 Å². The standard InChI is InChI=1S/C10H18O2/c1-4-9(5-2)7-8-12-10(11)6-3/h6,9H,3-5,7-8H2,1-2H3. The largest absolute Gasteiger partial charge is 0.463 e. The van der Waals surface area contributed by atoms with Crippen molar-refractivity contribution in [2.45, 2.75) is 33.1 Å². The first-order valence-corrected chi connectivity index (χ1v) is 4.53. The second-order valence-corrected chi connectivity index (χ2v) is 2.84. The van der Waals surface area contributed by atoms with Crippen LogP contribution in [0.25, 0.3) is 0 Å². The third-order valence-corrected chi connectivity index (χ3v) is 2.09. The predicted molar refractivity (Wildman–Crippen MR) is 49.8 cm³/mol. The lowest BCUT2D eigenvalue weighted by molar-refractivity contribution is -0.138. The first-order valence-electron chi connectivity index (χ1n) is 4.53. The fourth-order valence-electron chi connectivity index (χ4n) is 1.08. The summed E-state index contributed by atoms with van der Waals surface area (Å²) in [5.41, 5.74) is 0.